The standard InChI is InChI=1S/C24H26Si/c1-4-5-9-17-11-8-13-20(17)24-22-16-18-10-6-7-12-19(18)21(22)14-15-23(24)25(2)3/h6-8,10-12,14-16H,4-5,9,13H2,1-3H3. The molecule has 0 atom stereocenters. The highest BCUT2D eigenvalue weighted by Crippen LogP contribution is 2.35. The van der Waals surface area contributed by atoms with Gasteiger partial charge in [-0.15, -0.1) is 0 Å². The molecule has 0 saturated carbocycles. The molecule has 0 aromatic heterocycles. The Hall–Kier alpha value is -1.99. The molecular formula is C24H26Si. The molecule has 0 spiro atoms. The highest BCUT2D eigenvalue weighted by Gasteiger charge is 2.18. The van der Waals surface area contributed by atoms with E-state index in [-0.39, 0.29) is 0 Å². The van der Waals surface area contributed by atoms with Crippen molar-refractivity contribution in [2.75, 3.05) is 0 Å². The van der Waals surface area contributed by atoms with E-state index in [2.05, 4.69) is 74.6 Å². The van der Waals surface area contributed by atoms with E-state index in [0.717, 1.165) is 6.42 Å². The van der Waals surface area contributed by atoms with Crippen LogP contribution in [-0.4, -0.2) is 8.41 Å². The highest BCUT2D eigenvalue weighted by molar-refractivity contribution is 6.47. The zero-order valence-electron chi connectivity index (χ0n) is 15.5. The summed E-state index contributed by atoms with van der Waals surface area (Å²) in [6.45, 7) is 7.13. The smallest absolute Gasteiger partial charge is 0.0136 e. The predicted octanol–water partition coefficient (Wildman–Crippen LogP) is 5.61. The second kappa shape index (κ2) is 6.72. The summed E-state index contributed by atoms with van der Waals surface area (Å²) in [6, 6.07) is 13.6. The van der Waals surface area contributed by atoms with Crippen LogP contribution in [0.15, 0.2) is 54.1 Å². The third-order valence-electron chi connectivity index (χ3n) is 5.47. The third kappa shape index (κ3) is 2.81. The van der Waals surface area contributed by atoms with E-state index >= 15 is 0 Å². The minimum Gasteiger partial charge on any atom is -0.0798 e. The lowest BCUT2D eigenvalue weighted by Crippen LogP contribution is -2.00. The van der Waals surface area contributed by atoms with Gasteiger partial charge in [-0.05, 0) is 68.1 Å². The van der Waals surface area contributed by atoms with Gasteiger partial charge in [0.1, 0.15) is 0 Å². The fourth-order valence-electron chi connectivity index (χ4n) is 4.18. The van der Waals surface area contributed by atoms with Gasteiger partial charge in [-0.3, -0.25) is 0 Å². The molecule has 0 unspecified atom stereocenters. The molecule has 0 radical (unpaired) electrons. The molecule has 0 aliphatic heterocycles. The van der Waals surface area contributed by atoms with E-state index in [1.54, 1.807) is 21.5 Å². The van der Waals surface area contributed by atoms with Gasteiger partial charge in [0, 0.05) is 8.41 Å². The Labute approximate surface area is 151 Å². The largest absolute Gasteiger partial charge is 0.0798 e. The van der Waals surface area contributed by atoms with Crippen molar-refractivity contribution in [3.63, 3.8) is 0 Å². The van der Waals surface area contributed by atoms with Crippen LogP contribution >= 0.6 is 0 Å². The van der Waals surface area contributed by atoms with Gasteiger partial charge in [0.2, 0.25) is 0 Å². The van der Waals surface area contributed by atoms with E-state index < -0.39 is 8.41 Å². The lowest BCUT2D eigenvalue weighted by Gasteiger charge is -2.13. The highest BCUT2D eigenvalue weighted by atomic mass is 28.2. The number of rotatable bonds is 4. The monoisotopic (exact) mass is 342 g/mol. The minimum atomic E-state index is -0.511. The number of hydrogen-bond acceptors (Lipinski definition) is 0. The summed E-state index contributed by atoms with van der Waals surface area (Å²) < 4.78 is 0. The molecule has 0 amide bonds. The van der Waals surface area contributed by atoms with Gasteiger partial charge in [-0.2, -0.15) is 0 Å². The van der Waals surface area contributed by atoms with E-state index in [9.17, 15) is 0 Å². The summed E-state index contributed by atoms with van der Waals surface area (Å²) in [5.74, 6) is 0. The second-order valence-corrected chi connectivity index (χ2v) is 9.93. The number of allylic oxidation sites excluding steroid dienone is 4. The Bertz CT molecular complexity index is 1110. The molecule has 2 aliphatic rings. The van der Waals surface area contributed by atoms with Crippen LogP contribution in [0.25, 0.3) is 11.6 Å². The summed E-state index contributed by atoms with van der Waals surface area (Å²) in [6.07, 6.45) is 12.0. The molecule has 2 aromatic carbocycles. The van der Waals surface area contributed by atoms with E-state index in [1.807, 2.05) is 0 Å². The van der Waals surface area contributed by atoms with Crippen LogP contribution in [-0.2, 0) is 0 Å². The van der Waals surface area contributed by atoms with E-state index in [1.165, 1.54) is 40.5 Å². The molecule has 0 heterocycles. The van der Waals surface area contributed by atoms with Gasteiger partial charge in [-0.25, -0.2) is 0 Å². The van der Waals surface area contributed by atoms with Crippen LogP contribution in [0.2, 0.25) is 13.1 Å². The Morgan fingerprint density at radius 2 is 1.84 bits per heavy atom. The van der Waals surface area contributed by atoms with Gasteiger partial charge in [0.15, 0.2) is 0 Å². The Balaban J connectivity index is 2.07. The molecule has 0 nitrogen and oxygen atoms in total. The summed E-state index contributed by atoms with van der Waals surface area (Å²) in [5, 5.41) is 4.19. The van der Waals surface area contributed by atoms with E-state index in [0.29, 0.717) is 0 Å². The Kier molecular flexibility index (Phi) is 4.43. The van der Waals surface area contributed by atoms with Crippen molar-refractivity contribution in [3.05, 3.63) is 85.7 Å². The number of hydrogen-bond donors (Lipinski definition) is 0. The van der Waals surface area contributed by atoms with Gasteiger partial charge < -0.3 is 0 Å². The first-order chi connectivity index (χ1) is 12.2. The van der Waals surface area contributed by atoms with Crippen molar-refractivity contribution >= 4 is 20.1 Å². The van der Waals surface area contributed by atoms with Crippen LogP contribution in [0.4, 0.5) is 0 Å². The second-order valence-electron chi connectivity index (χ2n) is 7.39. The van der Waals surface area contributed by atoms with Crippen LogP contribution in [0.5, 0.6) is 0 Å². The third-order valence-corrected chi connectivity index (χ3v) is 6.96. The number of benzene rings is 2. The van der Waals surface area contributed by atoms with Crippen molar-refractivity contribution in [1.29, 1.82) is 0 Å². The molecule has 2 aromatic rings. The van der Waals surface area contributed by atoms with Crippen molar-refractivity contribution in [1.82, 2.24) is 0 Å². The summed E-state index contributed by atoms with van der Waals surface area (Å²) in [4.78, 5) is 1.60. The summed E-state index contributed by atoms with van der Waals surface area (Å²) in [5.41, 5.74) is 6.20. The maximum Gasteiger partial charge on any atom is 0.0136 e. The average Bonchev–Trinajstić information content (AvgIpc) is 3.23. The molecule has 2 aliphatic carbocycles. The van der Waals surface area contributed by atoms with Crippen LogP contribution in [0.3, 0.4) is 0 Å². The fourth-order valence-corrected chi connectivity index (χ4v) is 5.39. The number of fused-ring (bicyclic) bond motifs is 2. The molecular weight excluding hydrogens is 316 g/mol. The van der Waals surface area contributed by atoms with E-state index in [4.69, 9.17) is 0 Å². The molecule has 0 bridgehead atoms. The maximum absolute atomic E-state index is 2.43. The quantitative estimate of drug-likeness (QED) is 0.541. The van der Waals surface area contributed by atoms with Crippen LogP contribution in [0.1, 0.15) is 43.7 Å². The number of unbranched alkanes of at least 4 members (excludes halogenated alkanes) is 1. The van der Waals surface area contributed by atoms with Crippen LogP contribution in [0, 0.1) is 15.3 Å². The predicted molar refractivity (Wildman–Crippen MR) is 110 cm³/mol. The zero-order valence-corrected chi connectivity index (χ0v) is 16.5. The van der Waals surface area contributed by atoms with Gasteiger partial charge in [0.25, 0.3) is 0 Å². The summed E-state index contributed by atoms with van der Waals surface area (Å²) in [7, 11) is -0.511. The molecule has 25 heavy (non-hydrogen) atoms. The minimum absolute atomic E-state index is 0.511. The SMILES string of the molecule is CCCCC1=C(c2c3c(ccc2=[Si](C)C)=c2ccccc2=C3)CC=C1. The van der Waals surface area contributed by atoms with Gasteiger partial charge >= 0.3 is 0 Å². The first-order valence-corrected chi connectivity index (χ1v) is 12.0. The molecule has 0 fully saturated rings. The molecule has 126 valence electrons. The van der Waals surface area contributed by atoms with Crippen LogP contribution < -0.4 is 5.22 Å². The average molecular weight is 343 g/mol. The van der Waals surface area contributed by atoms with Crippen molar-refractivity contribution in [3.8, 4) is 0 Å². The summed E-state index contributed by atoms with van der Waals surface area (Å²) >= 11 is 0. The zero-order chi connectivity index (χ0) is 17.4. The van der Waals surface area contributed by atoms with Gasteiger partial charge in [-0.1, -0.05) is 75.0 Å². The van der Waals surface area contributed by atoms with Crippen molar-refractivity contribution in [2.24, 2.45) is 0 Å². The first kappa shape index (κ1) is 16.5. The van der Waals surface area contributed by atoms with Crippen molar-refractivity contribution in [2.45, 2.75) is 45.7 Å². The Morgan fingerprint density at radius 1 is 1.00 bits per heavy atom. The lowest BCUT2D eigenvalue weighted by molar-refractivity contribution is 0.800. The lowest BCUT2D eigenvalue weighted by atomic mass is 9.93. The molecule has 0 saturated heterocycles. The maximum atomic E-state index is 2.43. The Morgan fingerprint density at radius 3 is 2.64 bits per heavy atom. The first-order valence-electron chi connectivity index (χ1n) is 9.51. The molecule has 4 rings (SSSR count). The topological polar surface area (TPSA) is 0 Å². The molecule has 1 heteroatoms. The fraction of sp³-hybridized carbons (Fsp3) is 0.292. The van der Waals surface area contributed by atoms with Gasteiger partial charge in [0.05, 0.1) is 0 Å². The normalized spacial score (nSPS) is 14.5. The van der Waals surface area contributed by atoms with Crippen molar-refractivity contribution < 1.29 is 0 Å². The molecule has 0 N–H and O–H groups in total.